The number of nitrogens with two attached hydrogens (primary N) is 1. The summed E-state index contributed by atoms with van der Waals surface area (Å²) in [6.07, 6.45) is 1.93. The van der Waals surface area contributed by atoms with Crippen molar-refractivity contribution >= 4 is 5.97 Å². The third-order valence-corrected chi connectivity index (χ3v) is 3.74. The molecule has 0 radical (unpaired) electrons. The number of fused-ring (bicyclic) bond motifs is 1. The van der Waals surface area contributed by atoms with Crippen LogP contribution in [-0.4, -0.2) is 18.6 Å². The maximum atomic E-state index is 11.6. The molecule has 0 aliphatic heterocycles. The number of carbonyl (C=O) groups excluding carboxylic acids is 1. The minimum absolute atomic E-state index is 0.0412. The molecule has 0 amide bonds. The van der Waals surface area contributed by atoms with Gasteiger partial charge >= 0.3 is 5.97 Å². The molecule has 0 aromatic rings. The second-order valence-electron chi connectivity index (χ2n) is 4.52. The molecule has 4 atom stereocenters. The van der Waals surface area contributed by atoms with Crippen LogP contribution in [0.25, 0.3) is 0 Å². The van der Waals surface area contributed by atoms with E-state index in [0.717, 1.165) is 12.8 Å². The summed E-state index contributed by atoms with van der Waals surface area (Å²) in [5, 5.41) is 0. The second kappa shape index (κ2) is 2.71. The molecule has 74 valence electrons. The van der Waals surface area contributed by atoms with E-state index in [2.05, 4.69) is 6.92 Å². The van der Waals surface area contributed by atoms with E-state index in [1.165, 1.54) is 0 Å². The van der Waals surface area contributed by atoms with Crippen LogP contribution in [0.15, 0.2) is 0 Å². The quantitative estimate of drug-likeness (QED) is 0.648. The molecule has 13 heavy (non-hydrogen) atoms. The van der Waals surface area contributed by atoms with E-state index in [0.29, 0.717) is 12.5 Å². The van der Waals surface area contributed by atoms with E-state index < -0.39 is 0 Å². The molecule has 0 spiro atoms. The molecule has 3 nitrogen and oxygen atoms in total. The van der Waals surface area contributed by atoms with Gasteiger partial charge in [-0.25, -0.2) is 0 Å². The first-order chi connectivity index (χ1) is 6.09. The lowest BCUT2D eigenvalue weighted by molar-refractivity contribution is -0.150. The SMILES string of the molecule is CCOC(=O)[C@H]1C[C@@H](N)[C@H]2C[C@@]12C. The number of hydrogen-bond donors (Lipinski definition) is 1. The molecule has 0 bridgehead atoms. The van der Waals surface area contributed by atoms with E-state index in [9.17, 15) is 4.79 Å². The first-order valence-corrected chi connectivity index (χ1v) is 5.02. The Morgan fingerprint density at radius 3 is 2.77 bits per heavy atom. The predicted octanol–water partition coefficient (Wildman–Crippen LogP) is 0.923. The van der Waals surface area contributed by atoms with Crippen molar-refractivity contribution in [1.29, 1.82) is 0 Å². The number of hydrogen-bond acceptors (Lipinski definition) is 3. The van der Waals surface area contributed by atoms with Gasteiger partial charge in [-0.15, -0.1) is 0 Å². The Balaban J connectivity index is 2.05. The fourth-order valence-corrected chi connectivity index (χ4v) is 2.77. The molecule has 0 unspecified atom stereocenters. The Labute approximate surface area is 78.6 Å². The normalized spacial score (nSPS) is 47.2. The van der Waals surface area contributed by atoms with Gasteiger partial charge in [-0.1, -0.05) is 6.92 Å². The van der Waals surface area contributed by atoms with Crippen LogP contribution >= 0.6 is 0 Å². The largest absolute Gasteiger partial charge is 0.466 e. The Kier molecular flexibility index (Phi) is 1.88. The van der Waals surface area contributed by atoms with Gasteiger partial charge in [0.15, 0.2) is 0 Å². The maximum Gasteiger partial charge on any atom is 0.309 e. The standard InChI is InChI=1S/C10H17NO2/c1-3-13-9(12)6-4-8(11)7-5-10(6,7)2/h6-8H,3-5,11H2,1-2H3/t6-,7-,8-,10+/m1/s1. The zero-order valence-electron chi connectivity index (χ0n) is 8.25. The van der Waals surface area contributed by atoms with Crippen molar-refractivity contribution in [3.63, 3.8) is 0 Å². The lowest BCUT2D eigenvalue weighted by atomic mass is 9.92. The Hall–Kier alpha value is -0.570. The summed E-state index contributed by atoms with van der Waals surface area (Å²) in [5.41, 5.74) is 6.09. The third kappa shape index (κ3) is 1.17. The smallest absolute Gasteiger partial charge is 0.309 e. The van der Waals surface area contributed by atoms with Gasteiger partial charge in [-0.2, -0.15) is 0 Å². The van der Waals surface area contributed by atoms with E-state index >= 15 is 0 Å². The molecule has 2 aliphatic rings. The molecular formula is C10H17NO2. The van der Waals surface area contributed by atoms with Crippen molar-refractivity contribution in [3.8, 4) is 0 Å². The number of ether oxygens (including phenoxy) is 1. The monoisotopic (exact) mass is 183 g/mol. The Bertz CT molecular complexity index is 241. The lowest BCUT2D eigenvalue weighted by Crippen LogP contribution is -2.26. The molecular weight excluding hydrogens is 166 g/mol. The van der Waals surface area contributed by atoms with Gasteiger partial charge in [0, 0.05) is 6.04 Å². The van der Waals surface area contributed by atoms with Crippen molar-refractivity contribution < 1.29 is 9.53 Å². The summed E-state index contributed by atoms with van der Waals surface area (Å²) in [6, 6.07) is 0.222. The van der Waals surface area contributed by atoms with Crippen molar-refractivity contribution in [3.05, 3.63) is 0 Å². The molecule has 3 heteroatoms. The highest BCUT2D eigenvalue weighted by atomic mass is 16.5. The van der Waals surface area contributed by atoms with Crippen molar-refractivity contribution in [2.24, 2.45) is 23.0 Å². The highest BCUT2D eigenvalue weighted by Gasteiger charge is 2.65. The van der Waals surface area contributed by atoms with Crippen LogP contribution in [0.1, 0.15) is 26.7 Å². The van der Waals surface area contributed by atoms with Gasteiger partial charge in [-0.3, -0.25) is 4.79 Å². The first-order valence-electron chi connectivity index (χ1n) is 5.02. The average molecular weight is 183 g/mol. The Morgan fingerprint density at radius 1 is 1.69 bits per heavy atom. The second-order valence-corrected chi connectivity index (χ2v) is 4.52. The van der Waals surface area contributed by atoms with Crippen LogP contribution < -0.4 is 5.73 Å². The Morgan fingerprint density at radius 2 is 2.38 bits per heavy atom. The fraction of sp³-hybridized carbons (Fsp3) is 0.900. The minimum atomic E-state index is -0.0412. The molecule has 2 aliphatic carbocycles. The molecule has 2 N–H and O–H groups in total. The third-order valence-electron chi connectivity index (χ3n) is 3.74. The summed E-state index contributed by atoms with van der Waals surface area (Å²) in [7, 11) is 0. The van der Waals surface area contributed by atoms with Crippen LogP contribution in [0.5, 0.6) is 0 Å². The van der Waals surface area contributed by atoms with Crippen LogP contribution in [0.3, 0.4) is 0 Å². The van der Waals surface area contributed by atoms with Crippen LogP contribution in [0, 0.1) is 17.3 Å². The summed E-state index contributed by atoms with van der Waals surface area (Å²) in [4.78, 5) is 11.6. The first kappa shape index (κ1) is 9.00. The van der Waals surface area contributed by atoms with Gasteiger partial charge in [0.1, 0.15) is 0 Å². The number of esters is 1. The van der Waals surface area contributed by atoms with Crippen LogP contribution in [0.4, 0.5) is 0 Å². The molecule has 0 aromatic carbocycles. The molecule has 2 saturated carbocycles. The predicted molar refractivity (Wildman–Crippen MR) is 48.9 cm³/mol. The average Bonchev–Trinajstić information content (AvgIpc) is 2.68. The zero-order valence-corrected chi connectivity index (χ0v) is 8.25. The molecule has 2 fully saturated rings. The molecule has 0 aromatic heterocycles. The highest BCUT2D eigenvalue weighted by molar-refractivity contribution is 5.75. The van der Waals surface area contributed by atoms with Crippen LogP contribution in [0.2, 0.25) is 0 Å². The summed E-state index contributed by atoms with van der Waals surface area (Å²) >= 11 is 0. The summed E-state index contributed by atoms with van der Waals surface area (Å²) in [5.74, 6) is 0.592. The fourth-order valence-electron chi connectivity index (χ4n) is 2.77. The minimum Gasteiger partial charge on any atom is -0.466 e. The van der Waals surface area contributed by atoms with E-state index in [1.807, 2.05) is 6.92 Å². The summed E-state index contributed by atoms with van der Waals surface area (Å²) < 4.78 is 5.04. The van der Waals surface area contributed by atoms with Gasteiger partial charge in [0.2, 0.25) is 0 Å². The van der Waals surface area contributed by atoms with E-state index in [4.69, 9.17) is 10.5 Å². The van der Waals surface area contributed by atoms with Gasteiger partial charge in [0.05, 0.1) is 12.5 Å². The van der Waals surface area contributed by atoms with E-state index in [-0.39, 0.29) is 23.3 Å². The highest BCUT2D eigenvalue weighted by Crippen LogP contribution is 2.65. The zero-order chi connectivity index (χ0) is 9.64. The molecule has 2 rings (SSSR count). The van der Waals surface area contributed by atoms with Gasteiger partial charge in [0.25, 0.3) is 0 Å². The number of carbonyl (C=O) groups is 1. The maximum absolute atomic E-state index is 11.6. The van der Waals surface area contributed by atoms with Gasteiger partial charge < -0.3 is 10.5 Å². The lowest BCUT2D eigenvalue weighted by Gasteiger charge is -2.17. The van der Waals surface area contributed by atoms with Crippen LogP contribution in [-0.2, 0) is 9.53 Å². The molecule has 0 heterocycles. The number of rotatable bonds is 2. The topological polar surface area (TPSA) is 52.3 Å². The van der Waals surface area contributed by atoms with Crippen molar-refractivity contribution in [1.82, 2.24) is 0 Å². The molecule has 0 saturated heterocycles. The summed E-state index contributed by atoms with van der Waals surface area (Å²) in [6.45, 7) is 4.48. The van der Waals surface area contributed by atoms with Crippen molar-refractivity contribution in [2.45, 2.75) is 32.7 Å². The van der Waals surface area contributed by atoms with Crippen molar-refractivity contribution in [2.75, 3.05) is 6.61 Å². The van der Waals surface area contributed by atoms with Gasteiger partial charge in [-0.05, 0) is 31.1 Å². The van der Waals surface area contributed by atoms with E-state index in [1.54, 1.807) is 0 Å².